The standard InChI is InChI=1S/C4H3N2OS/c5-3-6-8-2-1-4(8)7/h1H,2H2. The van der Waals surface area contributed by atoms with Gasteiger partial charge in [0.25, 0.3) is 0 Å². The molecule has 0 spiro atoms. The number of nitriles is 1. The molecule has 0 aromatic rings. The lowest BCUT2D eigenvalue weighted by Gasteiger charge is -2.10. The van der Waals surface area contributed by atoms with Crippen LogP contribution in [0.2, 0.25) is 0 Å². The van der Waals surface area contributed by atoms with Gasteiger partial charge in [-0.15, -0.1) is 4.36 Å². The van der Waals surface area contributed by atoms with Crippen LogP contribution >= 0.6 is 0 Å². The summed E-state index contributed by atoms with van der Waals surface area (Å²) in [5.41, 5.74) is 0. The molecule has 0 aromatic carbocycles. The van der Waals surface area contributed by atoms with E-state index >= 15 is 0 Å². The fourth-order valence-electron chi connectivity index (χ4n) is 0.357. The lowest BCUT2D eigenvalue weighted by molar-refractivity contribution is -0.109. The fraction of sp³-hybridized carbons (Fsp3) is 0.250. The van der Waals surface area contributed by atoms with E-state index in [4.69, 9.17) is 5.26 Å². The Hall–Kier alpha value is -0.690. The van der Waals surface area contributed by atoms with Crippen molar-refractivity contribution in [3.05, 3.63) is 6.42 Å². The average Bonchev–Trinajstić information content (AvgIpc) is 1.79. The molecular formula is C4H3N2OS. The van der Waals surface area contributed by atoms with E-state index in [-0.39, 0.29) is 5.12 Å². The highest BCUT2D eigenvalue weighted by molar-refractivity contribution is 8.05. The number of carbonyl (C=O) groups excluding carboxylic acids is 1. The number of hydrogen-bond donors (Lipinski definition) is 0. The molecule has 1 aliphatic rings. The topological polar surface area (TPSA) is 53.2 Å². The highest BCUT2D eigenvalue weighted by Gasteiger charge is 2.20. The Bertz CT molecular complexity index is 191. The molecular weight excluding hydrogens is 124 g/mol. The first-order valence-corrected chi connectivity index (χ1v) is 3.37. The second-order valence-electron chi connectivity index (χ2n) is 1.25. The normalized spacial score (nSPS) is 26.9. The van der Waals surface area contributed by atoms with Crippen molar-refractivity contribution < 1.29 is 4.79 Å². The van der Waals surface area contributed by atoms with Crippen LogP contribution in [0.4, 0.5) is 0 Å². The summed E-state index contributed by atoms with van der Waals surface area (Å²) in [6.07, 6.45) is 3.14. The number of hydrogen-bond acceptors (Lipinski definition) is 3. The first kappa shape index (κ1) is 5.45. The Morgan fingerprint density at radius 2 is 2.75 bits per heavy atom. The van der Waals surface area contributed by atoms with Gasteiger partial charge in [0.1, 0.15) is 0 Å². The molecule has 1 unspecified atom stereocenters. The average molecular weight is 127 g/mol. The first-order chi connectivity index (χ1) is 3.84. The van der Waals surface area contributed by atoms with E-state index < -0.39 is 10.7 Å². The number of nitrogens with zero attached hydrogens (tertiary/aromatic N) is 2. The molecule has 3 nitrogen and oxygen atoms in total. The summed E-state index contributed by atoms with van der Waals surface area (Å²) in [5, 5.41) is 7.95. The van der Waals surface area contributed by atoms with Crippen LogP contribution in [0.15, 0.2) is 4.36 Å². The van der Waals surface area contributed by atoms with Gasteiger partial charge in [-0.25, -0.2) is 0 Å². The Morgan fingerprint density at radius 1 is 2.00 bits per heavy atom. The van der Waals surface area contributed by atoms with Crippen molar-refractivity contribution in [1.29, 1.82) is 5.26 Å². The lowest BCUT2D eigenvalue weighted by atomic mass is 10.5. The predicted molar refractivity (Wildman–Crippen MR) is 29.6 cm³/mol. The van der Waals surface area contributed by atoms with Gasteiger partial charge >= 0.3 is 0 Å². The predicted octanol–water partition coefficient (Wildman–Crippen LogP) is 0.0139. The van der Waals surface area contributed by atoms with Crippen molar-refractivity contribution in [2.24, 2.45) is 4.36 Å². The number of rotatable bonds is 0. The van der Waals surface area contributed by atoms with E-state index in [0.29, 0.717) is 5.75 Å². The molecule has 0 aliphatic carbocycles. The molecule has 8 heavy (non-hydrogen) atoms. The summed E-state index contributed by atoms with van der Waals surface area (Å²) in [5.74, 6) is 0.673. The molecule has 0 bridgehead atoms. The second-order valence-corrected chi connectivity index (χ2v) is 2.89. The summed E-state index contributed by atoms with van der Waals surface area (Å²) >= 11 is 0. The SMILES string of the molecule is N#CN=S1C[CH]C1=O. The van der Waals surface area contributed by atoms with Crippen LogP contribution in [-0.4, -0.2) is 10.9 Å². The molecule has 1 radical (unpaired) electrons. The van der Waals surface area contributed by atoms with Crippen molar-refractivity contribution in [3.8, 4) is 6.19 Å². The van der Waals surface area contributed by atoms with E-state index in [9.17, 15) is 4.79 Å². The molecule has 1 rings (SSSR count). The first-order valence-electron chi connectivity index (χ1n) is 2.02. The largest absolute Gasteiger partial charge is 0.286 e. The van der Waals surface area contributed by atoms with Gasteiger partial charge in [-0.3, -0.25) is 4.79 Å². The third-order valence-electron chi connectivity index (χ3n) is 0.791. The van der Waals surface area contributed by atoms with Crippen LogP contribution in [0.3, 0.4) is 0 Å². The maximum absolute atomic E-state index is 10.3. The molecule has 0 saturated carbocycles. The molecule has 1 fully saturated rings. The maximum atomic E-state index is 10.3. The van der Waals surface area contributed by atoms with E-state index in [1.54, 1.807) is 12.6 Å². The summed E-state index contributed by atoms with van der Waals surface area (Å²) in [7, 11) is -0.572. The maximum Gasteiger partial charge on any atom is 0.212 e. The molecule has 41 valence electrons. The van der Waals surface area contributed by atoms with Gasteiger partial charge in [0, 0.05) is 5.75 Å². The smallest absolute Gasteiger partial charge is 0.212 e. The molecule has 1 aliphatic heterocycles. The Morgan fingerprint density at radius 3 is 2.88 bits per heavy atom. The Kier molecular flexibility index (Phi) is 1.40. The van der Waals surface area contributed by atoms with Crippen LogP contribution in [0.5, 0.6) is 0 Å². The van der Waals surface area contributed by atoms with Gasteiger partial charge in [0.15, 0.2) is 0 Å². The van der Waals surface area contributed by atoms with Crippen LogP contribution in [0, 0.1) is 17.9 Å². The lowest BCUT2D eigenvalue weighted by Crippen LogP contribution is -2.24. The molecule has 1 atom stereocenters. The monoisotopic (exact) mass is 127 g/mol. The zero-order chi connectivity index (χ0) is 5.98. The number of carbonyl (C=O) groups is 1. The summed E-state index contributed by atoms with van der Waals surface area (Å²) < 4.78 is 3.36. The van der Waals surface area contributed by atoms with Gasteiger partial charge in [0.2, 0.25) is 11.3 Å². The molecule has 4 heteroatoms. The fourth-order valence-corrected chi connectivity index (χ4v) is 1.07. The van der Waals surface area contributed by atoms with Crippen molar-refractivity contribution in [3.63, 3.8) is 0 Å². The van der Waals surface area contributed by atoms with Gasteiger partial charge < -0.3 is 0 Å². The van der Waals surface area contributed by atoms with Crippen molar-refractivity contribution >= 4 is 15.8 Å². The van der Waals surface area contributed by atoms with E-state index in [1.165, 1.54) is 0 Å². The van der Waals surface area contributed by atoms with E-state index in [0.717, 1.165) is 0 Å². The Labute approximate surface area is 49.4 Å². The van der Waals surface area contributed by atoms with Gasteiger partial charge in [-0.05, 0) is 10.7 Å². The molecule has 0 amide bonds. The zero-order valence-electron chi connectivity index (χ0n) is 4.00. The minimum Gasteiger partial charge on any atom is -0.286 e. The zero-order valence-corrected chi connectivity index (χ0v) is 4.81. The second kappa shape index (κ2) is 2.05. The van der Waals surface area contributed by atoms with Gasteiger partial charge in [0.05, 0.1) is 6.42 Å². The minimum absolute atomic E-state index is 0.00606. The van der Waals surface area contributed by atoms with Crippen molar-refractivity contribution in [1.82, 2.24) is 0 Å². The quantitative estimate of drug-likeness (QED) is 0.430. The van der Waals surface area contributed by atoms with E-state index in [1.807, 2.05) is 0 Å². The summed E-state index contributed by atoms with van der Waals surface area (Å²) in [6, 6.07) is 0. The van der Waals surface area contributed by atoms with E-state index in [2.05, 4.69) is 4.36 Å². The van der Waals surface area contributed by atoms with Crippen LogP contribution in [0.1, 0.15) is 0 Å². The molecule has 0 aromatic heterocycles. The summed E-state index contributed by atoms with van der Waals surface area (Å²) in [6.45, 7) is 0. The molecule has 1 heterocycles. The third kappa shape index (κ3) is 0.771. The van der Waals surface area contributed by atoms with Crippen molar-refractivity contribution in [2.45, 2.75) is 0 Å². The van der Waals surface area contributed by atoms with Crippen LogP contribution < -0.4 is 0 Å². The molecule has 1 saturated heterocycles. The van der Waals surface area contributed by atoms with Crippen LogP contribution in [-0.2, 0) is 15.5 Å². The highest BCUT2D eigenvalue weighted by Crippen LogP contribution is 2.07. The highest BCUT2D eigenvalue weighted by atomic mass is 32.2. The third-order valence-corrected chi connectivity index (χ3v) is 2.21. The van der Waals surface area contributed by atoms with Crippen molar-refractivity contribution in [2.75, 3.05) is 5.75 Å². The Balaban J connectivity index is 2.64. The summed E-state index contributed by atoms with van der Waals surface area (Å²) in [4.78, 5) is 10.3. The van der Waals surface area contributed by atoms with Crippen LogP contribution in [0.25, 0.3) is 0 Å². The minimum atomic E-state index is -0.572. The van der Waals surface area contributed by atoms with Gasteiger partial charge in [-0.1, -0.05) is 0 Å². The molecule has 0 N–H and O–H groups in total. The van der Waals surface area contributed by atoms with Gasteiger partial charge in [-0.2, -0.15) is 5.26 Å².